The smallest absolute Gasteiger partial charge is 0.251 e. The van der Waals surface area contributed by atoms with Gasteiger partial charge in [-0.2, -0.15) is 0 Å². The Bertz CT molecular complexity index is 692. The highest BCUT2D eigenvalue weighted by molar-refractivity contribution is 5.95. The Kier molecular flexibility index (Phi) is 3.83. The van der Waals surface area contributed by atoms with Crippen LogP contribution >= 0.6 is 0 Å². The van der Waals surface area contributed by atoms with Crippen LogP contribution in [0.1, 0.15) is 28.3 Å². The summed E-state index contributed by atoms with van der Waals surface area (Å²) in [6.45, 7) is 2.78. The summed E-state index contributed by atoms with van der Waals surface area (Å²) in [7, 11) is 3.82. The Morgan fingerprint density at radius 3 is 3.05 bits per heavy atom. The van der Waals surface area contributed by atoms with Crippen LogP contribution in [0.5, 0.6) is 0 Å². The highest BCUT2D eigenvalue weighted by Crippen LogP contribution is 2.16. The third-order valence-corrected chi connectivity index (χ3v) is 3.91. The maximum absolute atomic E-state index is 12.4. The zero-order chi connectivity index (χ0) is 15.7. The maximum Gasteiger partial charge on any atom is 0.251 e. The van der Waals surface area contributed by atoms with E-state index in [1.807, 2.05) is 38.2 Å². The predicted molar refractivity (Wildman–Crippen MR) is 85.1 cm³/mol. The van der Waals surface area contributed by atoms with Gasteiger partial charge in [0, 0.05) is 51.1 Å². The minimum absolute atomic E-state index is 0.0456. The predicted octanol–water partition coefficient (Wildman–Crippen LogP) is 1.40. The van der Waals surface area contributed by atoms with Crippen LogP contribution in [0.15, 0.2) is 24.5 Å². The first-order valence-corrected chi connectivity index (χ1v) is 7.50. The number of anilines is 1. The van der Waals surface area contributed by atoms with Crippen molar-refractivity contribution in [2.45, 2.75) is 32.4 Å². The molecule has 1 N–H and O–H groups in total. The number of carbonyl (C=O) groups is 1. The molecule has 0 spiro atoms. The topological polar surface area (TPSA) is 63.1 Å². The molecule has 0 saturated carbocycles. The van der Waals surface area contributed by atoms with Crippen LogP contribution in [0.3, 0.4) is 0 Å². The second kappa shape index (κ2) is 5.79. The molecule has 0 saturated heterocycles. The minimum atomic E-state index is -0.0456. The van der Waals surface area contributed by atoms with Crippen LogP contribution in [-0.2, 0) is 13.0 Å². The number of rotatable bonds is 3. The van der Waals surface area contributed by atoms with Gasteiger partial charge in [0.05, 0.1) is 5.69 Å². The van der Waals surface area contributed by atoms with Crippen LogP contribution in [0.25, 0.3) is 0 Å². The number of carbonyl (C=O) groups excluding carboxylic acids is 1. The molecule has 3 heterocycles. The second-order valence-corrected chi connectivity index (χ2v) is 5.96. The van der Waals surface area contributed by atoms with Crippen molar-refractivity contribution in [2.24, 2.45) is 0 Å². The van der Waals surface area contributed by atoms with Gasteiger partial charge in [0.15, 0.2) is 0 Å². The van der Waals surface area contributed by atoms with Gasteiger partial charge in [-0.25, -0.2) is 9.97 Å². The average molecular weight is 299 g/mol. The Morgan fingerprint density at radius 2 is 2.27 bits per heavy atom. The molecule has 1 atom stereocenters. The molecule has 1 amide bonds. The summed E-state index contributed by atoms with van der Waals surface area (Å²) in [6.07, 6.45) is 5.54. The van der Waals surface area contributed by atoms with Crippen LogP contribution < -0.4 is 10.2 Å². The quantitative estimate of drug-likeness (QED) is 0.930. The van der Waals surface area contributed by atoms with E-state index in [2.05, 4.69) is 19.9 Å². The Morgan fingerprint density at radius 1 is 1.45 bits per heavy atom. The van der Waals surface area contributed by atoms with E-state index in [0.717, 1.165) is 36.7 Å². The fourth-order valence-corrected chi connectivity index (χ4v) is 2.78. The molecule has 1 aliphatic heterocycles. The Hall–Kier alpha value is -2.37. The van der Waals surface area contributed by atoms with Gasteiger partial charge >= 0.3 is 0 Å². The Balaban J connectivity index is 1.69. The van der Waals surface area contributed by atoms with Gasteiger partial charge in [0.2, 0.25) is 0 Å². The zero-order valence-corrected chi connectivity index (χ0v) is 13.2. The lowest BCUT2D eigenvalue weighted by atomic mass is 10.1. The van der Waals surface area contributed by atoms with Crippen molar-refractivity contribution in [2.75, 3.05) is 19.0 Å². The molecule has 2 aromatic heterocycles. The van der Waals surface area contributed by atoms with Crippen molar-refractivity contribution in [1.29, 1.82) is 0 Å². The number of hydrogen-bond donors (Lipinski definition) is 1. The summed E-state index contributed by atoms with van der Waals surface area (Å²) >= 11 is 0. The number of amides is 1. The van der Waals surface area contributed by atoms with Crippen LogP contribution in [-0.4, -0.2) is 40.6 Å². The van der Waals surface area contributed by atoms with E-state index in [1.165, 1.54) is 0 Å². The molecule has 0 aromatic carbocycles. The van der Waals surface area contributed by atoms with Gasteiger partial charge in [-0.15, -0.1) is 0 Å². The first kappa shape index (κ1) is 14.6. The van der Waals surface area contributed by atoms with Gasteiger partial charge in [-0.1, -0.05) is 0 Å². The second-order valence-electron chi connectivity index (χ2n) is 5.96. The monoisotopic (exact) mass is 299 g/mol. The van der Waals surface area contributed by atoms with Gasteiger partial charge in [-0.3, -0.25) is 4.79 Å². The minimum Gasteiger partial charge on any atom is -0.363 e. The van der Waals surface area contributed by atoms with Crippen molar-refractivity contribution < 1.29 is 4.79 Å². The lowest BCUT2D eigenvalue weighted by molar-refractivity contribution is 0.0927. The van der Waals surface area contributed by atoms with Crippen molar-refractivity contribution in [3.05, 3.63) is 41.6 Å². The molecule has 116 valence electrons. The van der Waals surface area contributed by atoms with Gasteiger partial charge in [0.1, 0.15) is 11.6 Å². The third-order valence-electron chi connectivity index (χ3n) is 3.91. The summed E-state index contributed by atoms with van der Waals surface area (Å²) < 4.78 is 2.14. The lowest BCUT2D eigenvalue weighted by Gasteiger charge is -2.24. The van der Waals surface area contributed by atoms with Crippen molar-refractivity contribution in [3.63, 3.8) is 0 Å². The highest BCUT2D eigenvalue weighted by Gasteiger charge is 2.21. The summed E-state index contributed by atoms with van der Waals surface area (Å²) in [5.41, 5.74) is 1.68. The summed E-state index contributed by atoms with van der Waals surface area (Å²) in [6, 6.07) is 3.70. The van der Waals surface area contributed by atoms with Gasteiger partial charge < -0.3 is 14.8 Å². The van der Waals surface area contributed by atoms with Crippen LogP contribution in [0.4, 0.5) is 5.82 Å². The molecule has 2 aromatic rings. The molecule has 0 aliphatic carbocycles. The summed E-state index contributed by atoms with van der Waals surface area (Å²) in [5.74, 6) is 1.85. The molecule has 1 unspecified atom stereocenters. The van der Waals surface area contributed by atoms with Crippen molar-refractivity contribution in [3.8, 4) is 0 Å². The molecule has 1 aliphatic rings. The SMILES string of the molecule is Cc1cn2c(n1)CCC(NC(=O)c1ccnc(N(C)C)c1)C2. The van der Waals surface area contributed by atoms with E-state index >= 15 is 0 Å². The summed E-state index contributed by atoms with van der Waals surface area (Å²) in [5, 5.41) is 3.12. The molecular formula is C16H21N5O. The molecule has 22 heavy (non-hydrogen) atoms. The van der Waals surface area contributed by atoms with E-state index in [0.29, 0.717) is 5.56 Å². The van der Waals surface area contributed by atoms with Crippen LogP contribution in [0, 0.1) is 6.92 Å². The molecule has 0 fully saturated rings. The number of nitrogens with zero attached hydrogens (tertiary/aromatic N) is 4. The molecular weight excluding hydrogens is 278 g/mol. The normalized spacial score (nSPS) is 17.0. The molecule has 0 bridgehead atoms. The first-order chi connectivity index (χ1) is 10.5. The first-order valence-electron chi connectivity index (χ1n) is 7.50. The molecule has 6 heteroatoms. The van der Waals surface area contributed by atoms with E-state index < -0.39 is 0 Å². The van der Waals surface area contributed by atoms with E-state index in [1.54, 1.807) is 12.3 Å². The standard InChI is InChI=1S/C16H21N5O/c1-11-9-21-10-13(4-5-14(21)18-11)19-16(22)12-6-7-17-15(8-12)20(2)3/h6-9,13H,4-5,10H2,1-3H3,(H,19,22). The molecule has 6 nitrogen and oxygen atoms in total. The number of pyridine rings is 1. The summed E-state index contributed by atoms with van der Waals surface area (Å²) in [4.78, 5) is 23.0. The third kappa shape index (κ3) is 2.95. The molecule has 3 rings (SSSR count). The number of nitrogens with one attached hydrogen (secondary N) is 1. The average Bonchev–Trinajstić information content (AvgIpc) is 2.86. The van der Waals surface area contributed by atoms with E-state index in [-0.39, 0.29) is 11.9 Å². The number of imidazole rings is 1. The van der Waals surface area contributed by atoms with E-state index in [4.69, 9.17) is 0 Å². The van der Waals surface area contributed by atoms with Crippen molar-refractivity contribution >= 4 is 11.7 Å². The van der Waals surface area contributed by atoms with Gasteiger partial charge in [-0.05, 0) is 25.5 Å². The van der Waals surface area contributed by atoms with Crippen LogP contribution in [0.2, 0.25) is 0 Å². The fraction of sp³-hybridized carbons (Fsp3) is 0.438. The van der Waals surface area contributed by atoms with Gasteiger partial charge in [0.25, 0.3) is 5.91 Å². The van der Waals surface area contributed by atoms with E-state index in [9.17, 15) is 4.79 Å². The number of hydrogen-bond acceptors (Lipinski definition) is 4. The lowest BCUT2D eigenvalue weighted by Crippen LogP contribution is -2.40. The Labute approximate surface area is 130 Å². The largest absolute Gasteiger partial charge is 0.363 e. The molecule has 0 radical (unpaired) electrons. The number of fused-ring (bicyclic) bond motifs is 1. The highest BCUT2D eigenvalue weighted by atomic mass is 16.1. The zero-order valence-electron chi connectivity index (χ0n) is 13.2. The fourth-order valence-electron chi connectivity index (χ4n) is 2.78. The number of aromatic nitrogens is 3. The maximum atomic E-state index is 12.4. The number of aryl methyl sites for hydroxylation is 2. The van der Waals surface area contributed by atoms with Crippen molar-refractivity contribution in [1.82, 2.24) is 19.9 Å².